The zero-order valence-electron chi connectivity index (χ0n) is 22.7. The fourth-order valence-corrected chi connectivity index (χ4v) is 5.88. The molecule has 40 heavy (non-hydrogen) atoms. The van der Waals surface area contributed by atoms with Crippen molar-refractivity contribution in [2.45, 2.75) is 43.0 Å². The maximum Gasteiger partial charge on any atom is 0.337 e. The molecule has 8 heteroatoms. The van der Waals surface area contributed by atoms with Gasteiger partial charge in [0.25, 0.3) is 5.91 Å². The van der Waals surface area contributed by atoms with Gasteiger partial charge in [-0.3, -0.25) is 4.79 Å². The van der Waals surface area contributed by atoms with Crippen LogP contribution < -0.4 is 10.1 Å². The highest BCUT2D eigenvalue weighted by Gasteiger charge is 2.78. The predicted molar refractivity (Wildman–Crippen MR) is 149 cm³/mol. The van der Waals surface area contributed by atoms with Gasteiger partial charge in [0.05, 0.1) is 18.3 Å². The Morgan fingerprint density at radius 2 is 1.62 bits per heavy atom. The summed E-state index contributed by atoms with van der Waals surface area (Å²) in [6, 6.07) is 26.9. The van der Waals surface area contributed by atoms with Gasteiger partial charge in [-0.15, -0.1) is 0 Å². The van der Waals surface area contributed by atoms with Gasteiger partial charge in [0, 0.05) is 18.7 Å². The molecule has 3 aliphatic rings. The number of benzene rings is 3. The molecule has 5 unspecified atom stereocenters. The first-order valence-electron chi connectivity index (χ1n) is 13.4. The van der Waals surface area contributed by atoms with E-state index in [9.17, 15) is 9.59 Å². The zero-order valence-corrected chi connectivity index (χ0v) is 22.7. The SMILES string of the molecule is COC(=O)C1=C(C(=O)Nc2ccc(CN(C)C)cc2)C2OC1(C(Cc1ccccc1)Oc1ccccc1)C1OC21. The van der Waals surface area contributed by atoms with Crippen LogP contribution in [0.25, 0.3) is 0 Å². The summed E-state index contributed by atoms with van der Waals surface area (Å²) in [6.07, 6.45) is -1.70. The smallest absolute Gasteiger partial charge is 0.337 e. The van der Waals surface area contributed by atoms with Crippen molar-refractivity contribution in [3.05, 3.63) is 107 Å². The van der Waals surface area contributed by atoms with Crippen molar-refractivity contribution < 1.29 is 28.5 Å². The molecule has 0 spiro atoms. The topological polar surface area (TPSA) is 89.6 Å². The number of epoxide rings is 1. The first-order valence-corrected chi connectivity index (χ1v) is 13.4. The number of rotatable bonds is 10. The Kier molecular flexibility index (Phi) is 6.92. The minimum absolute atomic E-state index is 0.164. The molecule has 0 aromatic heterocycles. The highest BCUT2D eigenvalue weighted by atomic mass is 16.7. The second-order valence-electron chi connectivity index (χ2n) is 10.6. The van der Waals surface area contributed by atoms with E-state index < -0.39 is 35.8 Å². The summed E-state index contributed by atoms with van der Waals surface area (Å²) in [6.45, 7) is 0.787. The van der Waals surface area contributed by atoms with Gasteiger partial charge in [-0.1, -0.05) is 60.7 Å². The lowest BCUT2D eigenvalue weighted by molar-refractivity contribution is -0.144. The minimum atomic E-state index is -1.31. The van der Waals surface area contributed by atoms with Gasteiger partial charge < -0.3 is 29.2 Å². The van der Waals surface area contributed by atoms with Crippen LogP contribution in [0.15, 0.2) is 96.1 Å². The second kappa shape index (κ2) is 10.5. The first kappa shape index (κ1) is 26.3. The molecule has 1 N–H and O–H groups in total. The Labute approximate surface area is 233 Å². The molecule has 6 rings (SSSR count). The minimum Gasteiger partial charge on any atom is -0.487 e. The number of ether oxygens (including phenoxy) is 4. The lowest BCUT2D eigenvalue weighted by Crippen LogP contribution is -2.54. The van der Waals surface area contributed by atoms with Crippen LogP contribution in [0.2, 0.25) is 0 Å². The molecule has 3 aromatic rings. The molecule has 1 amide bonds. The number of hydrogen-bond donors (Lipinski definition) is 1. The van der Waals surface area contributed by atoms with Crippen LogP contribution in [0.3, 0.4) is 0 Å². The van der Waals surface area contributed by atoms with Crippen molar-refractivity contribution in [2.24, 2.45) is 0 Å². The lowest BCUT2D eigenvalue weighted by atomic mass is 9.76. The third-order valence-corrected chi connectivity index (χ3v) is 7.62. The highest BCUT2D eigenvalue weighted by molar-refractivity contribution is 6.12. The maximum absolute atomic E-state index is 13.8. The van der Waals surface area contributed by atoms with Gasteiger partial charge in [-0.2, -0.15) is 0 Å². The van der Waals surface area contributed by atoms with E-state index in [2.05, 4.69) is 10.2 Å². The van der Waals surface area contributed by atoms with Gasteiger partial charge in [0.15, 0.2) is 5.60 Å². The molecule has 3 heterocycles. The molecule has 3 aliphatic heterocycles. The van der Waals surface area contributed by atoms with E-state index in [1.807, 2.05) is 99.0 Å². The van der Waals surface area contributed by atoms with E-state index in [1.54, 1.807) is 0 Å². The van der Waals surface area contributed by atoms with Gasteiger partial charge in [-0.25, -0.2) is 4.79 Å². The molecule has 2 bridgehead atoms. The lowest BCUT2D eigenvalue weighted by Gasteiger charge is -2.36. The largest absolute Gasteiger partial charge is 0.487 e. The van der Waals surface area contributed by atoms with Crippen LogP contribution in [0.1, 0.15) is 11.1 Å². The standard InChI is InChI=1S/C32H32N2O6/c1-34(2)19-21-14-16-22(17-15-21)33-30(35)25-26(31(36)37-3)32(29-28(39-29)27(25)40-32)24(18-20-10-6-4-7-11-20)38-23-12-8-5-9-13-23/h4-17,24,27-29H,18-19H2,1-3H3,(H,33,35). The normalized spacial score (nSPS) is 24.9. The molecule has 0 saturated carbocycles. The van der Waals surface area contributed by atoms with Crippen LogP contribution in [0.5, 0.6) is 5.75 Å². The molecule has 0 radical (unpaired) electrons. The highest BCUT2D eigenvalue weighted by Crippen LogP contribution is 2.60. The van der Waals surface area contributed by atoms with Gasteiger partial charge >= 0.3 is 5.97 Å². The number of amides is 1. The second-order valence-corrected chi connectivity index (χ2v) is 10.6. The molecule has 0 aliphatic carbocycles. The van der Waals surface area contributed by atoms with Gasteiger partial charge in [0.2, 0.25) is 0 Å². The van der Waals surface area contributed by atoms with Crippen molar-refractivity contribution in [3.8, 4) is 5.75 Å². The summed E-state index contributed by atoms with van der Waals surface area (Å²) < 4.78 is 24.5. The van der Waals surface area contributed by atoms with Crippen LogP contribution in [-0.2, 0) is 36.8 Å². The van der Waals surface area contributed by atoms with Crippen molar-refractivity contribution in [2.75, 3.05) is 26.5 Å². The number of para-hydroxylation sites is 1. The fourth-order valence-electron chi connectivity index (χ4n) is 5.88. The molecular formula is C32H32N2O6. The predicted octanol–water partition coefficient (Wildman–Crippen LogP) is 3.77. The zero-order chi connectivity index (χ0) is 27.9. The van der Waals surface area contributed by atoms with Crippen molar-refractivity contribution in [3.63, 3.8) is 0 Å². The summed E-state index contributed by atoms with van der Waals surface area (Å²) in [4.78, 5) is 29.3. The van der Waals surface area contributed by atoms with E-state index in [-0.39, 0.29) is 17.3 Å². The number of nitrogens with zero attached hydrogens (tertiary/aromatic N) is 1. The fraction of sp³-hybridized carbons (Fsp3) is 0.312. The van der Waals surface area contributed by atoms with E-state index in [0.717, 1.165) is 17.7 Å². The number of fused-ring (bicyclic) bond motifs is 5. The Hall–Kier alpha value is -3.98. The summed E-state index contributed by atoms with van der Waals surface area (Å²) in [5.74, 6) is -0.417. The van der Waals surface area contributed by atoms with Gasteiger partial charge in [-0.05, 0) is 49.5 Å². The summed E-state index contributed by atoms with van der Waals surface area (Å²) in [7, 11) is 5.31. The third kappa shape index (κ3) is 4.68. The van der Waals surface area contributed by atoms with E-state index in [1.165, 1.54) is 7.11 Å². The average molecular weight is 541 g/mol. The van der Waals surface area contributed by atoms with Crippen molar-refractivity contribution in [1.29, 1.82) is 0 Å². The summed E-state index contributed by atoms with van der Waals surface area (Å²) >= 11 is 0. The van der Waals surface area contributed by atoms with E-state index >= 15 is 0 Å². The first-order chi connectivity index (χ1) is 19.4. The van der Waals surface area contributed by atoms with Crippen LogP contribution in [0.4, 0.5) is 5.69 Å². The number of carbonyl (C=O) groups excluding carboxylic acids is 2. The molecular weight excluding hydrogens is 508 g/mol. The van der Waals surface area contributed by atoms with Crippen LogP contribution in [0, 0.1) is 0 Å². The number of nitrogens with one attached hydrogen (secondary N) is 1. The molecule has 8 nitrogen and oxygen atoms in total. The number of anilines is 1. The number of hydrogen-bond acceptors (Lipinski definition) is 7. The van der Waals surface area contributed by atoms with Crippen LogP contribution >= 0.6 is 0 Å². The maximum atomic E-state index is 13.8. The van der Waals surface area contributed by atoms with Crippen molar-refractivity contribution in [1.82, 2.24) is 4.90 Å². The quantitative estimate of drug-likeness (QED) is 0.309. The number of carbonyl (C=O) groups is 2. The summed E-state index contributed by atoms with van der Waals surface area (Å²) in [5, 5.41) is 2.96. The Balaban J connectivity index is 1.38. The van der Waals surface area contributed by atoms with Gasteiger partial charge in [0.1, 0.15) is 30.2 Å². The molecule has 2 saturated heterocycles. The number of esters is 1. The molecule has 3 aromatic carbocycles. The van der Waals surface area contributed by atoms with E-state index in [0.29, 0.717) is 17.9 Å². The molecule has 5 atom stereocenters. The Morgan fingerprint density at radius 3 is 2.27 bits per heavy atom. The Bertz CT molecular complexity index is 1380. The average Bonchev–Trinajstić information content (AvgIpc) is 3.62. The number of methoxy groups -OCH3 is 1. The summed E-state index contributed by atoms with van der Waals surface area (Å²) in [5.41, 5.74) is 1.83. The van der Waals surface area contributed by atoms with Crippen LogP contribution in [-0.4, -0.2) is 68.0 Å². The van der Waals surface area contributed by atoms with E-state index in [4.69, 9.17) is 18.9 Å². The molecule has 2 fully saturated rings. The monoisotopic (exact) mass is 540 g/mol. The Morgan fingerprint density at radius 1 is 0.950 bits per heavy atom. The third-order valence-electron chi connectivity index (χ3n) is 7.62. The molecule has 206 valence electrons. The van der Waals surface area contributed by atoms with Crippen molar-refractivity contribution >= 4 is 17.6 Å².